The van der Waals surface area contributed by atoms with Crippen molar-refractivity contribution in [1.82, 2.24) is 4.90 Å². The predicted octanol–water partition coefficient (Wildman–Crippen LogP) is 1.23. The Labute approximate surface area is 90.0 Å². The van der Waals surface area contributed by atoms with Crippen LogP contribution in [0.25, 0.3) is 0 Å². The number of carbonyl (C=O) groups excluding carboxylic acids is 1. The molecule has 1 saturated heterocycles. The van der Waals surface area contributed by atoms with Gasteiger partial charge >= 0.3 is 0 Å². The summed E-state index contributed by atoms with van der Waals surface area (Å²) in [5.74, 6) is 0.253. The highest BCUT2D eigenvalue weighted by Crippen LogP contribution is 2.21. The van der Waals surface area contributed by atoms with Gasteiger partial charge in [-0.25, -0.2) is 0 Å². The van der Waals surface area contributed by atoms with Gasteiger partial charge in [0.05, 0.1) is 5.60 Å². The normalized spacial score (nSPS) is 30.1. The maximum absolute atomic E-state index is 11.7. The van der Waals surface area contributed by atoms with E-state index in [-0.39, 0.29) is 11.8 Å². The molecular weight excluding hydrogens is 202 g/mol. The molecule has 0 saturated carbocycles. The van der Waals surface area contributed by atoms with Crippen LogP contribution in [0.4, 0.5) is 0 Å². The molecule has 0 radical (unpaired) electrons. The number of hydrogen-bond acceptors (Lipinski definition) is 2. The fourth-order valence-corrected chi connectivity index (χ4v) is 1.92. The van der Waals surface area contributed by atoms with Crippen molar-refractivity contribution in [2.75, 3.05) is 19.0 Å². The van der Waals surface area contributed by atoms with Gasteiger partial charge in [0.1, 0.15) is 0 Å². The second kappa shape index (κ2) is 4.49. The number of carbonyl (C=O) groups is 1. The Bertz CT molecular complexity index is 218. The van der Waals surface area contributed by atoms with Gasteiger partial charge in [0.15, 0.2) is 0 Å². The van der Waals surface area contributed by atoms with E-state index in [0.717, 1.165) is 19.4 Å². The molecule has 1 N–H and O–H groups in total. The van der Waals surface area contributed by atoms with Crippen LogP contribution in [0, 0.1) is 5.92 Å². The number of piperidine rings is 1. The molecule has 0 spiro atoms. The standard InChI is InChI=1S/C10H18ClNO2/c1-8(6-11)9(13)12-5-3-4-10(2,14)7-12/h8,14H,3-7H2,1-2H3. The van der Waals surface area contributed by atoms with E-state index in [9.17, 15) is 9.90 Å². The van der Waals surface area contributed by atoms with E-state index in [1.165, 1.54) is 0 Å². The van der Waals surface area contributed by atoms with E-state index in [1.807, 2.05) is 6.92 Å². The molecule has 0 aromatic carbocycles. The summed E-state index contributed by atoms with van der Waals surface area (Å²) >= 11 is 5.63. The molecule has 2 unspecified atom stereocenters. The molecule has 82 valence electrons. The second-order valence-corrected chi connectivity index (χ2v) is 4.72. The molecule has 1 amide bonds. The fourth-order valence-electron chi connectivity index (χ4n) is 1.79. The van der Waals surface area contributed by atoms with Crippen molar-refractivity contribution in [3.63, 3.8) is 0 Å². The van der Waals surface area contributed by atoms with Crippen LogP contribution in [-0.2, 0) is 4.79 Å². The number of aliphatic hydroxyl groups is 1. The molecular formula is C10H18ClNO2. The van der Waals surface area contributed by atoms with Crippen LogP contribution in [0.1, 0.15) is 26.7 Å². The third-order valence-corrected chi connectivity index (χ3v) is 3.10. The number of rotatable bonds is 2. The minimum absolute atomic E-state index is 0.0555. The summed E-state index contributed by atoms with van der Waals surface area (Å²) in [4.78, 5) is 13.5. The Morgan fingerprint density at radius 1 is 1.71 bits per heavy atom. The van der Waals surface area contributed by atoms with E-state index < -0.39 is 5.60 Å². The number of nitrogens with zero attached hydrogens (tertiary/aromatic N) is 1. The fraction of sp³-hybridized carbons (Fsp3) is 0.900. The molecule has 1 fully saturated rings. The summed E-state index contributed by atoms with van der Waals surface area (Å²) in [6, 6.07) is 0. The Kier molecular flexibility index (Phi) is 3.78. The molecule has 4 heteroatoms. The van der Waals surface area contributed by atoms with E-state index in [4.69, 9.17) is 11.6 Å². The van der Waals surface area contributed by atoms with Crippen molar-refractivity contribution in [3.8, 4) is 0 Å². The van der Waals surface area contributed by atoms with Gasteiger partial charge in [0.2, 0.25) is 5.91 Å². The van der Waals surface area contributed by atoms with Crippen molar-refractivity contribution in [1.29, 1.82) is 0 Å². The zero-order valence-corrected chi connectivity index (χ0v) is 9.55. The first-order valence-corrected chi connectivity index (χ1v) is 5.57. The summed E-state index contributed by atoms with van der Waals surface area (Å²) in [6.07, 6.45) is 1.64. The SMILES string of the molecule is CC(CCl)C(=O)N1CCCC(C)(O)C1. The van der Waals surface area contributed by atoms with Gasteiger partial charge in [-0.2, -0.15) is 0 Å². The van der Waals surface area contributed by atoms with Gasteiger partial charge in [-0.05, 0) is 19.8 Å². The highest BCUT2D eigenvalue weighted by Gasteiger charge is 2.32. The molecule has 2 atom stereocenters. The lowest BCUT2D eigenvalue weighted by atomic mass is 9.94. The Morgan fingerprint density at radius 2 is 2.36 bits per heavy atom. The van der Waals surface area contributed by atoms with Crippen LogP contribution >= 0.6 is 11.6 Å². The van der Waals surface area contributed by atoms with Crippen LogP contribution < -0.4 is 0 Å². The van der Waals surface area contributed by atoms with E-state index in [2.05, 4.69) is 0 Å². The topological polar surface area (TPSA) is 40.5 Å². The van der Waals surface area contributed by atoms with E-state index in [1.54, 1.807) is 11.8 Å². The van der Waals surface area contributed by atoms with Crippen molar-refractivity contribution in [2.24, 2.45) is 5.92 Å². The van der Waals surface area contributed by atoms with Crippen molar-refractivity contribution >= 4 is 17.5 Å². The molecule has 1 heterocycles. The lowest BCUT2D eigenvalue weighted by Gasteiger charge is -2.37. The van der Waals surface area contributed by atoms with Crippen LogP contribution in [0.15, 0.2) is 0 Å². The van der Waals surface area contributed by atoms with Gasteiger partial charge in [0.25, 0.3) is 0 Å². The third-order valence-electron chi connectivity index (χ3n) is 2.64. The van der Waals surface area contributed by atoms with Gasteiger partial charge in [-0.1, -0.05) is 6.92 Å². The number of β-amino-alcohol motifs (C(OH)–C–C–N with tert-alkyl or cyclic N) is 1. The average molecular weight is 220 g/mol. The number of alkyl halides is 1. The minimum Gasteiger partial charge on any atom is -0.388 e. The largest absolute Gasteiger partial charge is 0.388 e. The molecule has 3 nitrogen and oxygen atoms in total. The zero-order valence-electron chi connectivity index (χ0n) is 8.79. The average Bonchev–Trinajstić information content (AvgIpc) is 2.14. The third kappa shape index (κ3) is 2.85. The Balaban J connectivity index is 2.56. The molecule has 0 aliphatic carbocycles. The van der Waals surface area contributed by atoms with Gasteiger partial charge in [-0.15, -0.1) is 11.6 Å². The molecule has 0 aromatic rings. The van der Waals surface area contributed by atoms with Crippen LogP contribution in [0.2, 0.25) is 0 Å². The van der Waals surface area contributed by atoms with Crippen molar-refractivity contribution in [3.05, 3.63) is 0 Å². The monoisotopic (exact) mass is 219 g/mol. The van der Waals surface area contributed by atoms with Gasteiger partial charge in [-0.3, -0.25) is 4.79 Å². The summed E-state index contributed by atoms with van der Waals surface area (Å²) in [5.41, 5.74) is -0.722. The summed E-state index contributed by atoms with van der Waals surface area (Å²) in [7, 11) is 0. The van der Waals surface area contributed by atoms with E-state index in [0.29, 0.717) is 12.4 Å². The highest BCUT2D eigenvalue weighted by molar-refractivity contribution is 6.19. The summed E-state index contributed by atoms with van der Waals surface area (Å²) < 4.78 is 0. The molecule has 14 heavy (non-hydrogen) atoms. The first-order valence-electron chi connectivity index (χ1n) is 5.03. The maximum Gasteiger partial charge on any atom is 0.226 e. The summed E-state index contributed by atoms with van der Waals surface area (Å²) in [6.45, 7) is 4.78. The highest BCUT2D eigenvalue weighted by atomic mass is 35.5. The van der Waals surface area contributed by atoms with Crippen molar-refractivity contribution < 1.29 is 9.90 Å². The molecule has 1 rings (SSSR count). The molecule has 0 aromatic heterocycles. The van der Waals surface area contributed by atoms with Crippen LogP contribution in [0.5, 0.6) is 0 Å². The molecule has 0 bridgehead atoms. The van der Waals surface area contributed by atoms with Gasteiger partial charge in [0, 0.05) is 24.9 Å². The first-order chi connectivity index (χ1) is 6.46. The predicted molar refractivity (Wildman–Crippen MR) is 56.3 cm³/mol. The van der Waals surface area contributed by atoms with Crippen LogP contribution in [-0.4, -0.2) is 40.5 Å². The Hall–Kier alpha value is -0.280. The van der Waals surface area contributed by atoms with Crippen molar-refractivity contribution in [2.45, 2.75) is 32.3 Å². The second-order valence-electron chi connectivity index (χ2n) is 4.42. The first kappa shape index (κ1) is 11.8. The number of amides is 1. The zero-order chi connectivity index (χ0) is 10.8. The molecule has 1 aliphatic rings. The van der Waals surface area contributed by atoms with E-state index >= 15 is 0 Å². The smallest absolute Gasteiger partial charge is 0.226 e. The van der Waals surface area contributed by atoms with Crippen LogP contribution in [0.3, 0.4) is 0 Å². The lowest BCUT2D eigenvalue weighted by Crippen LogP contribution is -2.50. The number of halogens is 1. The number of likely N-dealkylation sites (tertiary alicyclic amines) is 1. The summed E-state index contributed by atoms with van der Waals surface area (Å²) in [5, 5.41) is 9.82. The Morgan fingerprint density at radius 3 is 2.86 bits per heavy atom. The number of hydrogen-bond donors (Lipinski definition) is 1. The van der Waals surface area contributed by atoms with Gasteiger partial charge < -0.3 is 10.0 Å². The maximum atomic E-state index is 11.7. The quantitative estimate of drug-likeness (QED) is 0.710. The lowest BCUT2D eigenvalue weighted by molar-refractivity contribution is -0.140. The minimum atomic E-state index is -0.722. The molecule has 1 aliphatic heterocycles.